The molecule has 0 unspecified atom stereocenters. The van der Waals surface area contributed by atoms with Crippen LogP contribution in [0.25, 0.3) is 32.9 Å². The molecule has 0 aliphatic rings. The maximum Gasteiger partial charge on any atom is 0.164 e. The molecule has 1 N–H and O–H groups in total. The smallest absolute Gasteiger partial charge is 0.164 e. The van der Waals surface area contributed by atoms with Gasteiger partial charge in [-0.25, -0.2) is 4.98 Å². The molecule has 0 amide bonds. The van der Waals surface area contributed by atoms with Crippen molar-refractivity contribution in [3.05, 3.63) is 82.9 Å². The Morgan fingerprint density at radius 3 is 1.95 bits per heavy atom. The Labute approximate surface area is 279 Å². The number of aryl methyl sites for hydroxylation is 3. The van der Waals surface area contributed by atoms with Gasteiger partial charge in [0.1, 0.15) is 11.6 Å². The summed E-state index contributed by atoms with van der Waals surface area (Å²) in [5.74, 6) is 1.44. The zero-order chi connectivity index (χ0) is 32.1. The number of aliphatic hydroxyl groups is 1. The van der Waals surface area contributed by atoms with Gasteiger partial charge in [-0.2, -0.15) is 0 Å². The molecule has 1 radical (unpaired) electrons. The van der Waals surface area contributed by atoms with Gasteiger partial charge in [0.25, 0.3) is 0 Å². The molecular formula is C39H51IrN2O2-. The number of fused-ring (bicyclic) bond motifs is 3. The maximum absolute atomic E-state index is 12.2. The van der Waals surface area contributed by atoms with E-state index in [9.17, 15) is 9.90 Å². The fourth-order valence-electron chi connectivity index (χ4n) is 5.33. The van der Waals surface area contributed by atoms with E-state index in [0.29, 0.717) is 0 Å². The van der Waals surface area contributed by atoms with Gasteiger partial charge in [0.2, 0.25) is 0 Å². The monoisotopic (exact) mass is 772 g/mol. The van der Waals surface area contributed by atoms with Crippen LogP contribution in [0.1, 0.15) is 110 Å². The average molecular weight is 772 g/mol. The van der Waals surface area contributed by atoms with Crippen LogP contribution >= 0.6 is 0 Å². The van der Waals surface area contributed by atoms with E-state index in [1.54, 1.807) is 0 Å². The van der Waals surface area contributed by atoms with Gasteiger partial charge in [-0.05, 0) is 54.6 Å². The van der Waals surface area contributed by atoms with Crippen molar-refractivity contribution in [1.82, 2.24) is 9.97 Å². The second kappa shape index (κ2) is 15.4. The van der Waals surface area contributed by atoms with Crippen LogP contribution in [0.4, 0.5) is 0 Å². The Kier molecular flexibility index (Phi) is 13.1. The van der Waals surface area contributed by atoms with Crippen molar-refractivity contribution in [2.24, 2.45) is 10.8 Å². The molecule has 0 aliphatic heterocycles. The number of aliphatic hydroxyl groups excluding tert-OH is 1. The number of ketones is 1. The minimum Gasteiger partial charge on any atom is -0.512 e. The summed E-state index contributed by atoms with van der Waals surface area (Å²) in [7, 11) is 0. The topological polar surface area (TPSA) is 63.1 Å². The number of carbonyl (C=O) groups is 1. The minimum atomic E-state index is -0.337. The first-order chi connectivity index (χ1) is 20.2. The molecule has 239 valence electrons. The molecule has 4 rings (SSSR count). The van der Waals surface area contributed by atoms with Gasteiger partial charge in [0.15, 0.2) is 5.78 Å². The number of aromatic nitrogens is 2. The van der Waals surface area contributed by atoms with Crippen LogP contribution < -0.4 is 0 Å². The normalized spacial score (nSPS) is 12.2. The van der Waals surface area contributed by atoms with Crippen molar-refractivity contribution in [2.75, 3.05) is 0 Å². The standard InChI is InChI=1S/C24H23N2.C15H28O2.Ir/c1-14(2)24-25-22(18-11-15(3)10-16(4)12-18)21-13-17(5)19-8-6-7-9-20(19)23(21)26-24;1-7-14(5,8-2)12(16)11-13(17)15(6,9-3)10-4;/h6-11,13-14H,1-5H3;11,16H,7-10H2,1-6H3;/q-1;;/b;12-11-;. The number of benzene rings is 3. The number of hydrogen-bond acceptors (Lipinski definition) is 4. The summed E-state index contributed by atoms with van der Waals surface area (Å²) in [4.78, 5) is 22.1. The summed E-state index contributed by atoms with van der Waals surface area (Å²) in [5, 5.41) is 13.7. The molecule has 0 atom stereocenters. The third-order valence-corrected chi connectivity index (χ3v) is 9.45. The molecule has 5 heteroatoms. The van der Waals surface area contributed by atoms with Crippen LogP contribution in [0.2, 0.25) is 0 Å². The van der Waals surface area contributed by atoms with Crippen molar-refractivity contribution < 1.29 is 30.0 Å². The zero-order valence-corrected chi connectivity index (χ0v) is 31.0. The zero-order valence-electron chi connectivity index (χ0n) is 28.6. The Bertz CT molecular complexity index is 1610. The van der Waals surface area contributed by atoms with Crippen LogP contribution in [0.5, 0.6) is 0 Å². The van der Waals surface area contributed by atoms with Crippen molar-refractivity contribution in [1.29, 1.82) is 0 Å². The number of nitrogens with zero attached hydrogens (tertiary/aromatic N) is 2. The molecule has 0 fully saturated rings. The molecule has 4 nitrogen and oxygen atoms in total. The Morgan fingerprint density at radius 1 is 0.864 bits per heavy atom. The molecule has 4 aromatic rings. The molecular weight excluding hydrogens is 721 g/mol. The van der Waals surface area contributed by atoms with Crippen LogP contribution in [0, 0.1) is 37.7 Å². The first kappa shape index (κ1) is 37.3. The van der Waals surface area contributed by atoms with Gasteiger partial charge in [-0.1, -0.05) is 99.6 Å². The summed E-state index contributed by atoms with van der Waals surface area (Å²) < 4.78 is 0. The van der Waals surface area contributed by atoms with Crippen LogP contribution in [0.3, 0.4) is 0 Å². The van der Waals surface area contributed by atoms with Gasteiger partial charge < -0.3 is 5.11 Å². The molecule has 3 aromatic carbocycles. The van der Waals surface area contributed by atoms with Crippen LogP contribution in [-0.2, 0) is 24.9 Å². The first-order valence-electron chi connectivity index (χ1n) is 15.9. The predicted octanol–water partition coefficient (Wildman–Crippen LogP) is 10.9. The molecule has 1 aromatic heterocycles. The van der Waals surface area contributed by atoms with E-state index < -0.39 is 0 Å². The van der Waals surface area contributed by atoms with Gasteiger partial charge in [-0.3, -0.25) is 9.78 Å². The fourth-order valence-corrected chi connectivity index (χ4v) is 5.33. The van der Waals surface area contributed by atoms with Crippen molar-refractivity contribution in [3.8, 4) is 11.3 Å². The summed E-state index contributed by atoms with van der Waals surface area (Å²) in [6.45, 7) is 22.7. The molecule has 0 bridgehead atoms. The largest absolute Gasteiger partial charge is 0.512 e. The van der Waals surface area contributed by atoms with Crippen molar-refractivity contribution >= 4 is 27.5 Å². The summed E-state index contributed by atoms with van der Waals surface area (Å²) in [5.41, 5.74) is 6.08. The van der Waals surface area contributed by atoms with E-state index >= 15 is 0 Å². The fraction of sp³-hybridized carbons (Fsp3) is 0.462. The van der Waals surface area contributed by atoms with Gasteiger partial charge in [-0.15, -0.1) is 34.9 Å². The van der Waals surface area contributed by atoms with E-state index in [4.69, 9.17) is 9.97 Å². The van der Waals surface area contributed by atoms with Gasteiger partial charge >= 0.3 is 0 Å². The predicted molar refractivity (Wildman–Crippen MR) is 183 cm³/mol. The molecule has 1 heterocycles. The van der Waals surface area contributed by atoms with Crippen LogP contribution in [0.15, 0.2) is 54.3 Å². The Morgan fingerprint density at radius 2 is 1.43 bits per heavy atom. The Balaban J connectivity index is 0.000000331. The summed E-state index contributed by atoms with van der Waals surface area (Å²) in [6, 6.07) is 18.6. The molecule has 0 saturated carbocycles. The van der Waals surface area contributed by atoms with E-state index in [0.717, 1.165) is 59.2 Å². The van der Waals surface area contributed by atoms with Gasteiger partial charge in [0, 0.05) is 48.3 Å². The third-order valence-electron chi connectivity index (χ3n) is 9.45. The molecule has 44 heavy (non-hydrogen) atoms. The summed E-state index contributed by atoms with van der Waals surface area (Å²) in [6.07, 6.45) is 4.75. The van der Waals surface area contributed by atoms with Crippen molar-refractivity contribution in [2.45, 2.75) is 108 Å². The van der Waals surface area contributed by atoms with E-state index in [1.807, 2.05) is 41.5 Å². The maximum atomic E-state index is 12.2. The number of hydrogen-bond donors (Lipinski definition) is 1. The van der Waals surface area contributed by atoms with Crippen LogP contribution in [-0.4, -0.2) is 20.9 Å². The Hall–Kier alpha value is -2.88. The number of carbonyl (C=O) groups excluding carboxylic acids is 1. The van der Waals surface area contributed by atoms with Gasteiger partial charge in [0.05, 0.1) is 5.52 Å². The minimum absolute atomic E-state index is 0. The first-order valence-corrected chi connectivity index (χ1v) is 15.9. The van der Waals surface area contributed by atoms with Crippen molar-refractivity contribution in [3.63, 3.8) is 0 Å². The average Bonchev–Trinajstić information content (AvgIpc) is 2.99. The van der Waals surface area contributed by atoms with E-state index in [-0.39, 0.29) is 48.4 Å². The molecule has 0 spiro atoms. The molecule has 0 saturated heterocycles. The SMILES string of the molecule is CCC(C)(CC)C(=O)/C=C(\O)C(C)(CC)CC.Cc1[c-]c(-c2nc(C(C)C)nc3c2cc(C)c2ccccc23)cc(C)c1.[Ir]. The number of rotatable bonds is 9. The van der Waals surface area contributed by atoms with E-state index in [2.05, 4.69) is 83.1 Å². The third kappa shape index (κ3) is 8.03. The molecule has 0 aliphatic carbocycles. The quantitative estimate of drug-likeness (QED) is 0.0797. The second-order valence-corrected chi connectivity index (χ2v) is 12.9. The number of allylic oxidation sites excluding steroid dienone is 2. The summed E-state index contributed by atoms with van der Waals surface area (Å²) >= 11 is 0. The second-order valence-electron chi connectivity index (χ2n) is 12.9. The van der Waals surface area contributed by atoms with E-state index in [1.165, 1.54) is 28.0 Å².